The Kier molecular flexibility index (Phi) is 14.1. The number of hydrogen-bond acceptors (Lipinski definition) is 9. The molecule has 0 spiro atoms. The molecular weight excluding hydrogens is 645 g/mol. The quantitative estimate of drug-likeness (QED) is 0.129. The minimum absolute atomic E-state index is 0.0291. The van der Waals surface area contributed by atoms with Crippen LogP contribution in [0.3, 0.4) is 0 Å². The maximum atomic E-state index is 12.2. The van der Waals surface area contributed by atoms with E-state index in [1.165, 1.54) is 0 Å². The largest absolute Gasteiger partial charge is 0.481 e. The minimum Gasteiger partial charge on any atom is -0.481 e. The number of aromatic nitrogens is 3. The van der Waals surface area contributed by atoms with Crippen LogP contribution in [-0.2, 0) is 52.8 Å². The molecule has 0 atom stereocenters. The second-order valence-electron chi connectivity index (χ2n) is 10.4. The first-order valence-corrected chi connectivity index (χ1v) is 15.8. The topological polar surface area (TPSA) is 177 Å². The molecule has 0 aliphatic carbocycles. The first kappa shape index (κ1) is 35.6. The molecule has 252 valence electrons. The number of carbonyl (C=O) groups is 3. The number of aromatic amines is 1. The van der Waals surface area contributed by atoms with E-state index in [-0.39, 0.29) is 37.9 Å². The van der Waals surface area contributed by atoms with Crippen molar-refractivity contribution in [2.24, 2.45) is 0 Å². The zero-order valence-corrected chi connectivity index (χ0v) is 26.9. The van der Waals surface area contributed by atoms with Crippen molar-refractivity contribution in [1.29, 1.82) is 0 Å². The normalized spacial score (nSPS) is 12.9. The fourth-order valence-corrected chi connectivity index (χ4v) is 5.37. The minimum atomic E-state index is -0.896. The predicted octanol–water partition coefficient (Wildman–Crippen LogP) is 2.26. The van der Waals surface area contributed by atoms with Gasteiger partial charge in [0, 0.05) is 60.9 Å². The Morgan fingerprint density at radius 2 is 1.63 bits per heavy atom. The van der Waals surface area contributed by atoms with E-state index in [2.05, 4.69) is 10.3 Å². The van der Waals surface area contributed by atoms with Crippen LogP contribution in [0, 0.1) is 0 Å². The van der Waals surface area contributed by atoms with Crippen LogP contribution >= 0.6 is 23.2 Å². The molecule has 1 aliphatic rings. The molecule has 0 radical (unpaired) electrons. The average molecular weight is 685 g/mol. The average Bonchev–Trinajstić information content (AvgIpc) is 3.67. The van der Waals surface area contributed by atoms with Crippen LogP contribution < -0.4 is 5.32 Å². The number of aliphatic hydroxyl groups is 1. The number of ether oxygens (including phenoxy) is 4. The van der Waals surface area contributed by atoms with Gasteiger partial charge < -0.3 is 44.4 Å². The van der Waals surface area contributed by atoms with Gasteiger partial charge in [0.1, 0.15) is 6.61 Å². The van der Waals surface area contributed by atoms with Crippen LogP contribution in [0.1, 0.15) is 24.1 Å². The summed E-state index contributed by atoms with van der Waals surface area (Å²) in [5, 5.41) is 27.1. The summed E-state index contributed by atoms with van der Waals surface area (Å²) in [5.41, 5.74) is 4.03. The Labute approximate surface area is 275 Å². The molecule has 1 aliphatic heterocycles. The first-order chi connectivity index (χ1) is 22.3. The number of benzene rings is 1. The Morgan fingerprint density at radius 3 is 2.28 bits per heavy atom. The number of carbonyl (C=O) groups excluding carboxylic acids is 2. The van der Waals surface area contributed by atoms with Crippen molar-refractivity contribution < 1.29 is 43.5 Å². The predicted molar refractivity (Wildman–Crippen MR) is 169 cm³/mol. The molecule has 16 heteroatoms. The number of nitrogens with one attached hydrogen (secondary N) is 2. The molecule has 14 nitrogen and oxygen atoms in total. The van der Waals surface area contributed by atoms with Crippen molar-refractivity contribution in [3.8, 4) is 11.3 Å². The summed E-state index contributed by atoms with van der Waals surface area (Å²) in [4.78, 5) is 39.8. The zero-order valence-electron chi connectivity index (χ0n) is 25.4. The molecule has 3 aromatic rings. The highest BCUT2D eigenvalue weighted by molar-refractivity contribution is 6.45. The van der Waals surface area contributed by atoms with Gasteiger partial charge in [-0.25, -0.2) is 0 Å². The number of fused-ring (bicyclic) bond motifs is 3. The number of aliphatic carboxylic acids is 1. The number of carboxylic acids is 1. The van der Waals surface area contributed by atoms with E-state index in [0.717, 1.165) is 22.2 Å². The third kappa shape index (κ3) is 10.1. The highest BCUT2D eigenvalue weighted by Crippen LogP contribution is 2.41. The Bertz CT molecular complexity index is 1480. The van der Waals surface area contributed by atoms with Crippen molar-refractivity contribution in [2.75, 3.05) is 72.6 Å². The molecule has 0 fully saturated rings. The lowest BCUT2D eigenvalue weighted by Crippen LogP contribution is -2.37. The second kappa shape index (κ2) is 18.2. The lowest BCUT2D eigenvalue weighted by atomic mass is 9.99. The van der Waals surface area contributed by atoms with Crippen molar-refractivity contribution in [1.82, 2.24) is 25.0 Å². The van der Waals surface area contributed by atoms with Crippen LogP contribution in [-0.4, -0.2) is 120 Å². The summed E-state index contributed by atoms with van der Waals surface area (Å²) in [6.45, 7) is 3.74. The van der Waals surface area contributed by atoms with Gasteiger partial charge in [0.05, 0.1) is 87.1 Å². The van der Waals surface area contributed by atoms with Crippen LogP contribution in [0.15, 0.2) is 18.3 Å². The molecule has 0 unspecified atom stereocenters. The van der Waals surface area contributed by atoms with Crippen molar-refractivity contribution in [3.05, 3.63) is 39.6 Å². The lowest BCUT2D eigenvalue weighted by Gasteiger charge is -2.26. The van der Waals surface area contributed by atoms with E-state index in [9.17, 15) is 19.5 Å². The second-order valence-corrected chi connectivity index (χ2v) is 11.2. The molecule has 0 saturated heterocycles. The molecule has 3 heterocycles. The molecule has 46 heavy (non-hydrogen) atoms. The van der Waals surface area contributed by atoms with Gasteiger partial charge in [-0.2, -0.15) is 5.10 Å². The third-order valence-corrected chi connectivity index (χ3v) is 8.05. The highest BCUT2D eigenvalue weighted by atomic mass is 35.5. The summed E-state index contributed by atoms with van der Waals surface area (Å²) in [6, 6.07) is 3.63. The summed E-state index contributed by atoms with van der Waals surface area (Å²) in [5.74, 6) is -1.37. The van der Waals surface area contributed by atoms with E-state index in [0.29, 0.717) is 93.5 Å². The Morgan fingerprint density at radius 1 is 0.978 bits per heavy atom. The zero-order chi connectivity index (χ0) is 32.9. The maximum absolute atomic E-state index is 12.2. The molecule has 4 rings (SSSR count). The van der Waals surface area contributed by atoms with Crippen molar-refractivity contribution in [2.45, 2.75) is 32.4 Å². The first-order valence-electron chi connectivity index (χ1n) is 15.0. The third-order valence-electron chi connectivity index (χ3n) is 7.26. The number of aliphatic hydroxyl groups excluding tert-OH is 1. The smallest absolute Gasteiger partial charge is 0.305 e. The molecule has 1 aromatic carbocycles. The van der Waals surface area contributed by atoms with Crippen LogP contribution in [0.25, 0.3) is 22.2 Å². The molecular formula is C30H39Cl2N5O9. The maximum Gasteiger partial charge on any atom is 0.305 e. The Hall–Kier alpha value is -3.24. The van der Waals surface area contributed by atoms with Crippen LogP contribution in [0.2, 0.25) is 10.0 Å². The number of rotatable bonds is 20. The van der Waals surface area contributed by atoms with Gasteiger partial charge in [0.25, 0.3) is 0 Å². The fraction of sp³-hybridized carbons (Fsp3) is 0.533. The van der Waals surface area contributed by atoms with E-state index < -0.39 is 12.6 Å². The monoisotopic (exact) mass is 683 g/mol. The SMILES string of the molecule is O=C(O)CCOCCOCCOCCOCCC(=O)NCCn1ccc(-c2cc(Cl)c(Cl)c3[nH]c4c(c23)CN(C(=O)CO)CC4)n1. The van der Waals surface area contributed by atoms with E-state index in [1.54, 1.807) is 15.6 Å². The standard InChI is InChI=1S/C30H39Cl2N5O9/c31-22-17-20(28-21-18-36(26(40)19-38)6-1-23(21)34-30(28)29(22)32)24-2-7-37(35-24)8-5-33-25(39)3-9-43-11-13-45-15-16-46-14-12-44-10-4-27(41)42/h2,7,17,34,38H,1,3-6,8-16,18-19H2,(H,33,39)(H,41,42). The summed E-state index contributed by atoms with van der Waals surface area (Å²) < 4.78 is 23.0. The van der Waals surface area contributed by atoms with Gasteiger partial charge in [0.15, 0.2) is 0 Å². The number of carboxylic acid groups (broad SMARTS) is 1. The van der Waals surface area contributed by atoms with E-state index >= 15 is 0 Å². The molecule has 0 bridgehead atoms. The van der Waals surface area contributed by atoms with Gasteiger partial charge in [-0.3, -0.25) is 19.1 Å². The highest BCUT2D eigenvalue weighted by Gasteiger charge is 2.27. The van der Waals surface area contributed by atoms with E-state index in [4.69, 9.17) is 52.4 Å². The van der Waals surface area contributed by atoms with Gasteiger partial charge >= 0.3 is 5.97 Å². The van der Waals surface area contributed by atoms with Gasteiger partial charge in [0.2, 0.25) is 11.8 Å². The summed E-state index contributed by atoms with van der Waals surface area (Å²) >= 11 is 13.0. The fourth-order valence-electron chi connectivity index (χ4n) is 4.97. The number of halogens is 2. The lowest BCUT2D eigenvalue weighted by molar-refractivity contribution is -0.138. The van der Waals surface area contributed by atoms with Crippen molar-refractivity contribution >= 4 is 51.9 Å². The van der Waals surface area contributed by atoms with Gasteiger partial charge in [-0.1, -0.05) is 23.2 Å². The molecule has 2 amide bonds. The van der Waals surface area contributed by atoms with Gasteiger partial charge in [-0.15, -0.1) is 0 Å². The molecule has 0 saturated carbocycles. The molecule has 2 aromatic heterocycles. The van der Waals surface area contributed by atoms with Gasteiger partial charge in [-0.05, 0) is 12.1 Å². The summed E-state index contributed by atoms with van der Waals surface area (Å²) in [6.07, 6.45) is 2.60. The number of amides is 2. The molecule has 4 N–H and O–H groups in total. The summed E-state index contributed by atoms with van der Waals surface area (Å²) in [7, 11) is 0. The number of hydrogen-bond donors (Lipinski definition) is 4. The number of nitrogens with zero attached hydrogens (tertiary/aromatic N) is 3. The van der Waals surface area contributed by atoms with Crippen LogP contribution in [0.4, 0.5) is 0 Å². The van der Waals surface area contributed by atoms with E-state index in [1.807, 2.05) is 12.3 Å². The van der Waals surface area contributed by atoms with Crippen LogP contribution in [0.5, 0.6) is 0 Å². The number of H-pyrrole nitrogens is 1. The van der Waals surface area contributed by atoms with Crippen molar-refractivity contribution in [3.63, 3.8) is 0 Å². The Balaban J connectivity index is 1.15.